The Morgan fingerprint density at radius 2 is 1.70 bits per heavy atom. The zero-order valence-electron chi connectivity index (χ0n) is 18.7. The molecular weight excluding hydrogens is 502 g/mol. The average molecular weight is 516 g/mol. The number of alkyl halides is 6. The number of nitrogens with one attached hydrogen (secondary N) is 2. The Hall–Kier alpha value is -4.73. The lowest BCUT2D eigenvalue weighted by Gasteiger charge is -2.09. The van der Waals surface area contributed by atoms with Crippen LogP contribution in [0.25, 0.3) is 22.6 Å². The number of ether oxygens (including phenoxy) is 1. The van der Waals surface area contributed by atoms with Crippen LogP contribution in [0.4, 0.5) is 38.0 Å². The molecule has 13 heteroatoms. The summed E-state index contributed by atoms with van der Waals surface area (Å²) in [7, 11) is 1.69. The molecule has 0 bridgehead atoms. The quantitative estimate of drug-likeness (QED) is 0.260. The summed E-state index contributed by atoms with van der Waals surface area (Å²) in [6, 6.07) is 14.7. The van der Waals surface area contributed by atoms with Crippen LogP contribution in [0.5, 0.6) is 11.5 Å². The fourth-order valence-corrected chi connectivity index (χ4v) is 3.41. The number of hydrogen-bond donors (Lipinski definition) is 2. The molecular formula is C24H14F6N6O. The zero-order valence-corrected chi connectivity index (χ0v) is 18.7. The zero-order chi connectivity index (χ0) is 26.4. The number of aryl methyl sites for hydroxylation is 1. The van der Waals surface area contributed by atoms with Gasteiger partial charge in [0.25, 0.3) is 0 Å². The maximum absolute atomic E-state index is 12.8. The highest BCUT2D eigenvalue weighted by atomic mass is 19.4. The number of rotatable bonds is 5. The van der Waals surface area contributed by atoms with E-state index in [4.69, 9.17) is 4.74 Å². The van der Waals surface area contributed by atoms with E-state index in [0.29, 0.717) is 28.9 Å². The highest BCUT2D eigenvalue weighted by molar-refractivity contribution is 5.79. The number of pyridine rings is 1. The minimum atomic E-state index is -4.57. The molecule has 37 heavy (non-hydrogen) atoms. The summed E-state index contributed by atoms with van der Waals surface area (Å²) in [5, 5.41) is 2.96. The van der Waals surface area contributed by atoms with Crippen molar-refractivity contribution in [3.05, 3.63) is 78.2 Å². The highest BCUT2D eigenvalue weighted by Crippen LogP contribution is 2.32. The number of nitrogens with zero attached hydrogens (tertiary/aromatic N) is 4. The van der Waals surface area contributed by atoms with E-state index in [2.05, 4.69) is 37.4 Å². The molecule has 2 aromatic carbocycles. The van der Waals surface area contributed by atoms with Crippen LogP contribution >= 0.6 is 0 Å². The highest BCUT2D eigenvalue weighted by Gasteiger charge is 2.33. The van der Waals surface area contributed by atoms with E-state index in [1.165, 1.54) is 30.5 Å². The van der Waals surface area contributed by atoms with Crippen LogP contribution in [0.15, 0.2) is 54.9 Å². The summed E-state index contributed by atoms with van der Waals surface area (Å²) >= 11 is 0. The average Bonchev–Trinajstić information content (AvgIpc) is 3.45. The molecule has 0 fully saturated rings. The third-order valence-corrected chi connectivity index (χ3v) is 5.25. The standard InChI is InChI=1S/C24H14F6N6O/c1-36-19-7-6-15(10-17(19)34-22(36)33-14-4-2-13(3-5-14)23(25,26)27)37-16-8-9-31-18(11-16)21-32-12-20(35-21)24(28,29)30/h2-5,8-12H,1H3,(H,32,35)(H,33,34). The van der Waals surface area contributed by atoms with Crippen molar-refractivity contribution >= 4 is 22.7 Å². The van der Waals surface area contributed by atoms with Crippen LogP contribution in [-0.2, 0) is 19.4 Å². The van der Waals surface area contributed by atoms with Crippen molar-refractivity contribution in [2.75, 3.05) is 5.32 Å². The molecule has 0 unspecified atom stereocenters. The van der Waals surface area contributed by atoms with E-state index >= 15 is 0 Å². The van der Waals surface area contributed by atoms with Crippen molar-refractivity contribution in [1.82, 2.24) is 24.5 Å². The first-order chi connectivity index (χ1) is 17.5. The number of fused-ring (bicyclic) bond motifs is 1. The van der Waals surface area contributed by atoms with Crippen molar-refractivity contribution < 1.29 is 31.1 Å². The largest absolute Gasteiger partial charge is 0.448 e. The molecule has 0 atom stereocenters. The molecule has 5 aromatic rings. The third kappa shape index (κ3) is 4.99. The summed E-state index contributed by atoms with van der Waals surface area (Å²) < 4.78 is 84.3. The lowest BCUT2D eigenvalue weighted by atomic mass is 10.2. The van der Waals surface area contributed by atoms with Crippen LogP contribution < -0.4 is 10.1 Å². The Morgan fingerprint density at radius 1 is 0.946 bits per heavy atom. The molecule has 188 valence electrons. The fraction of sp³-hybridized carbons (Fsp3) is 0.125. The molecule has 3 heterocycles. The molecule has 2 N–H and O–H groups in total. The van der Waals surface area contributed by atoms with Crippen LogP contribution in [-0.4, -0.2) is 24.5 Å². The van der Waals surface area contributed by atoms with Crippen LogP contribution in [0, 0.1) is 12.1 Å². The van der Waals surface area contributed by atoms with E-state index in [1.807, 2.05) is 0 Å². The Kier molecular flexibility index (Phi) is 5.66. The minimum Gasteiger partial charge on any atom is -0.448 e. The van der Waals surface area contributed by atoms with Crippen LogP contribution in [0.1, 0.15) is 11.3 Å². The Labute approximate surface area is 204 Å². The molecule has 7 nitrogen and oxygen atoms in total. The first kappa shape index (κ1) is 24.0. The molecule has 5 rings (SSSR count). The Bertz CT molecular complexity index is 1570. The molecule has 0 aliphatic carbocycles. The van der Waals surface area contributed by atoms with Gasteiger partial charge in [0.2, 0.25) is 5.95 Å². The summed E-state index contributed by atoms with van der Waals surface area (Å²) in [5.74, 6) is 0.755. The van der Waals surface area contributed by atoms with Crippen molar-refractivity contribution in [1.29, 1.82) is 0 Å². The van der Waals surface area contributed by atoms with E-state index in [0.717, 1.165) is 12.1 Å². The number of aromatic nitrogens is 5. The predicted molar refractivity (Wildman–Crippen MR) is 120 cm³/mol. The normalized spacial score (nSPS) is 12.0. The van der Waals surface area contributed by atoms with Gasteiger partial charge in [-0.25, -0.2) is 9.97 Å². The lowest BCUT2D eigenvalue weighted by molar-refractivity contribution is -0.141. The second-order valence-corrected chi connectivity index (χ2v) is 7.81. The molecule has 0 aliphatic heterocycles. The van der Waals surface area contributed by atoms with Gasteiger partial charge in [-0.1, -0.05) is 0 Å². The molecule has 3 aromatic heterocycles. The van der Waals surface area contributed by atoms with E-state index in [9.17, 15) is 26.3 Å². The van der Waals surface area contributed by atoms with Gasteiger partial charge in [0.05, 0.1) is 11.8 Å². The van der Waals surface area contributed by atoms with Gasteiger partial charge >= 0.3 is 12.4 Å². The number of imidazole rings is 2. The number of benzene rings is 1. The van der Waals surface area contributed by atoms with Crippen molar-refractivity contribution in [3.8, 4) is 23.0 Å². The smallest absolute Gasteiger partial charge is 0.432 e. The second-order valence-electron chi connectivity index (χ2n) is 7.81. The van der Waals surface area contributed by atoms with Crippen molar-refractivity contribution in [3.63, 3.8) is 0 Å². The Morgan fingerprint density at radius 3 is 2.38 bits per heavy atom. The summed E-state index contributed by atoms with van der Waals surface area (Å²) in [4.78, 5) is 14.4. The molecule has 0 amide bonds. The topological polar surface area (TPSA) is 80.7 Å². The van der Waals surface area contributed by atoms with E-state index in [-0.39, 0.29) is 23.0 Å². The molecule has 0 aliphatic rings. The van der Waals surface area contributed by atoms with Gasteiger partial charge in [-0.2, -0.15) is 26.3 Å². The minimum absolute atomic E-state index is 0.0764. The van der Waals surface area contributed by atoms with Gasteiger partial charge in [-0.15, -0.1) is 0 Å². The molecule has 0 saturated carbocycles. The molecule has 0 radical (unpaired) electrons. The number of H-pyrrole nitrogens is 1. The SMILES string of the molecule is Cn1c(Nc2ccc(C(F)(F)F)cc2)nc2cc(Oc3ccnc(-c4ncc(C(F)(F)F)[nH]4)c3)c#cc21. The summed E-state index contributed by atoms with van der Waals surface area (Å²) in [6.45, 7) is 0. The van der Waals surface area contributed by atoms with Gasteiger partial charge in [-0.05, 0) is 42.5 Å². The Balaban J connectivity index is 1.36. The number of hydrogen-bond acceptors (Lipinski definition) is 5. The second kappa shape index (κ2) is 8.74. The monoisotopic (exact) mass is 516 g/mol. The predicted octanol–water partition coefficient (Wildman–Crippen LogP) is 6.53. The van der Waals surface area contributed by atoms with Gasteiger partial charge in [0.1, 0.15) is 28.2 Å². The maximum Gasteiger partial charge on any atom is 0.432 e. The van der Waals surface area contributed by atoms with Crippen LogP contribution in [0.3, 0.4) is 0 Å². The summed E-state index contributed by atoms with van der Waals surface area (Å²) in [6.07, 6.45) is -6.96. The number of aromatic amines is 1. The van der Waals surface area contributed by atoms with Gasteiger partial charge < -0.3 is 19.6 Å². The van der Waals surface area contributed by atoms with Crippen molar-refractivity contribution in [2.24, 2.45) is 7.05 Å². The van der Waals surface area contributed by atoms with Gasteiger partial charge in [-0.3, -0.25) is 4.98 Å². The third-order valence-electron chi connectivity index (χ3n) is 5.25. The maximum atomic E-state index is 12.8. The van der Waals surface area contributed by atoms with Gasteiger partial charge in [0, 0.05) is 31.1 Å². The molecule has 0 spiro atoms. The van der Waals surface area contributed by atoms with Crippen LogP contribution in [0.2, 0.25) is 0 Å². The number of anilines is 2. The first-order valence-electron chi connectivity index (χ1n) is 10.5. The summed E-state index contributed by atoms with van der Waals surface area (Å²) in [5.41, 5.74) is -0.213. The van der Waals surface area contributed by atoms with Gasteiger partial charge in [0.15, 0.2) is 11.6 Å². The van der Waals surface area contributed by atoms with E-state index in [1.54, 1.807) is 17.7 Å². The lowest BCUT2D eigenvalue weighted by Crippen LogP contribution is -2.05. The number of halogens is 6. The molecule has 0 saturated heterocycles. The van der Waals surface area contributed by atoms with Crippen molar-refractivity contribution in [2.45, 2.75) is 12.4 Å². The van der Waals surface area contributed by atoms with E-state index < -0.39 is 23.6 Å². The first-order valence-corrected chi connectivity index (χ1v) is 10.5. The fourth-order valence-electron chi connectivity index (χ4n) is 3.41.